The fraction of sp³-hybridized carbons (Fsp3) is 0.333. The number of rotatable bonds is 3. The third-order valence-corrected chi connectivity index (χ3v) is 3.72. The van der Waals surface area contributed by atoms with Crippen LogP contribution >= 0.6 is 0 Å². The molecule has 1 amide bonds. The summed E-state index contributed by atoms with van der Waals surface area (Å²) in [5, 5.41) is 0. The van der Waals surface area contributed by atoms with Crippen molar-refractivity contribution in [1.29, 1.82) is 0 Å². The second kappa shape index (κ2) is 5.88. The largest absolute Gasteiger partial charge is 0.459 e. The van der Waals surface area contributed by atoms with Gasteiger partial charge in [0.1, 0.15) is 6.54 Å². The Hall–Kier alpha value is -2.14. The molecule has 1 saturated heterocycles. The molecule has 2 aromatic heterocycles. The Morgan fingerprint density at radius 1 is 1.30 bits per heavy atom. The van der Waals surface area contributed by atoms with E-state index in [1.54, 1.807) is 18.4 Å². The van der Waals surface area contributed by atoms with Crippen LogP contribution in [0.15, 0.2) is 47.3 Å². The topological polar surface area (TPSA) is 52.0 Å². The van der Waals surface area contributed by atoms with Crippen LogP contribution in [0.1, 0.15) is 16.1 Å². The first kappa shape index (κ1) is 12.9. The van der Waals surface area contributed by atoms with E-state index in [-0.39, 0.29) is 5.91 Å². The van der Waals surface area contributed by atoms with Crippen LogP contribution in [0.5, 0.6) is 0 Å². The average molecular weight is 273 g/mol. The summed E-state index contributed by atoms with van der Waals surface area (Å²) in [5.74, 6) is 0.438. The van der Waals surface area contributed by atoms with Crippen molar-refractivity contribution in [3.05, 3.63) is 54.2 Å². The maximum Gasteiger partial charge on any atom is 0.289 e. The molecule has 2 aromatic rings. The van der Waals surface area contributed by atoms with Gasteiger partial charge < -0.3 is 14.2 Å². The number of H-pyrrole nitrogens is 1. The van der Waals surface area contributed by atoms with Gasteiger partial charge in [-0.05, 0) is 18.2 Å². The molecule has 1 fully saturated rings. The molecule has 0 aliphatic carbocycles. The van der Waals surface area contributed by atoms with E-state index in [9.17, 15) is 4.79 Å². The number of aromatic nitrogens is 1. The van der Waals surface area contributed by atoms with Crippen molar-refractivity contribution >= 4 is 5.91 Å². The third-order valence-electron chi connectivity index (χ3n) is 3.72. The van der Waals surface area contributed by atoms with Crippen molar-refractivity contribution < 1.29 is 19.1 Å². The first-order valence-electron chi connectivity index (χ1n) is 6.94. The smallest absolute Gasteiger partial charge is 0.289 e. The predicted molar refractivity (Wildman–Crippen MR) is 72.0 cm³/mol. The van der Waals surface area contributed by atoms with Crippen molar-refractivity contribution in [2.75, 3.05) is 26.2 Å². The molecule has 5 nitrogen and oxygen atoms in total. The lowest BCUT2D eigenvalue weighted by molar-refractivity contribution is -0.917. The molecule has 3 rings (SSSR count). The summed E-state index contributed by atoms with van der Waals surface area (Å²) in [5.41, 5.74) is 1.30. The molecule has 0 saturated carbocycles. The monoisotopic (exact) mass is 273 g/mol. The molecule has 0 bridgehead atoms. The molecule has 5 heteroatoms. The highest BCUT2D eigenvalue weighted by Gasteiger charge is 2.25. The summed E-state index contributed by atoms with van der Waals surface area (Å²) >= 11 is 0. The van der Waals surface area contributed by atoms with Crippen molar-refractivity contribution in [3.63, 3.8) is 0 Å². The Bertz CT molecular complexity index is 546. The SMILES string of the molecule is O=C(c1ccco1)N1CC[NH+](Cc2ccc[nH+]c2)CC1. The van der Waals surface area contributed by atoms with Crippen LogP contribution < -0.4 is 9.88 Å². The molecule has 1 aliphatic heterocycles. The second-order valence-electron chi connectivity index (χ2n) is 5.11. The van der Waals surface area contributed by atoms with E-state index >= 15 is 0 Å². The standard InChI is InChI=1S/C15H17N3O2/c19-15(14-4-2-10-20-14)18-8-6-17(7-9-18)12-13-3-1-5-16-11-13/h1-5,10-11H,6-9,12H2/p+2. The molecule has 0 spiro atoms. The molecule has 0 atom stereocenters. The van der Waals surface area contributed by atoms with E-state index in [1.807, 2.05) is 23.4 Å². The summed E-state index contributed by atoms with van der Waals surface area (Å²) in [7, 11) is 0. The van der Waals surface area contributed by atoms with Crippen molar-refractivity contribution in [2.45, 2.75) is 6.54 Å². The lowest BCUT2D eigenvalue weighted by Gasteiger charge is -2.31. The van der Waals surface area contributed by atoms with Gasteiger partial charge in [-0.2, -0.15) is 0 Å². The fourth-order valence-electron chi connectivity index (χ4n) is 2.59. The normalized spacial score (nSPS) is 16.3. The molecule has 3 heterocycles. The van der Waals surface area contributed by atoms with E-state index in [1.165, 1.54) is 10.5 Å². The van der Waals surface area contributed by atoms with E-state index in [0.29, 0.717) is 5.76 Å². The number of carbonyl (C=O) groups is 1. The minimum Gasteiger partial charge on any atom is -0.459 e. The summed E-state index contributed by atoms with van der Waals surface area (Å²) in [4.78, 5) is 18.6. The summed E-state index contributed by atoms with van der Waals surface area (Å²) < 4.78 is 5.17. The zero-order chi connectivity index (χ0) is 13.8. The van der Waals surface area contributed by atoms with E-state index in [2.05, 4.69) is 11.1 Å². The number of aromatic amines is 1. The maximum atomic E-state index is 12.1. The van der Waals surface area contributed by atoms with Crippen LogP contribution in [0.4, 0.5) is 0 Å². The minimum atomic E-state index is 0.00194. The average Bonchev–Trinajstić information content (AvgIpc) is 3.03. The predicted octanol–water partition coefficient (Wildman–Crippen LogP) is -0.365. The van der Waals surface area contributed by atoms with E-state index in [0.717, 1.165) is 32.7 Å². The van der Waals surface area contributed by atoms with Gasteiger partial charge >= 0.3 is 0 Å². The highest BCUT2D eigenvalue weighted by Crippen LogP contribution is 2.05. The zero-order valence-electron chi connectivity index (χ0n) is 11.3. The number of amides is 1. The van der Waals surface area contributed by atoms with Gasteiger partial charge in [-0.3, -0.25) is 4.79 Å². The summed E-state index contributed by atoms with van der Waals surface area (Å²) in [6.45, 7) is 4.51. The molecule has 0 radical (unpaired) electrons. The molecule has 1 aliphatic rings. The highest BCUT2D eigenvalue weighted by molar-refractivity contribution is 5.91. The lowest BCUT2D eigenvalue weighted by atomic mass is 10.2. The number of nitrogens with one attached hydrogen (secondary N) is 2. The first-order valence-corrected chi connectivity index (χ1v) is 6.94. The number of piperazine rings is 1. The van der Waals surface area contributed by atoms with Gasteiger partial charge in [-0.25, -0.2) is 4.98 Å². The van der Waals surface area contributed by atoms with Gasteiger partial charge in [-0.15, -0.1) is 0 Å². The molecule has 0 unspecified atom stereocenters. The van der Waals surface area contributed by atoms with Crippen LogP contribution in [0.25, 0.3) is 0 Å². The number of furan rings is 1. The Balaban J connectivity index is 1.53. The van der Waals surface area contributed by atoms with Gasteiger partial charge in [0.25, 0.3) is 5.91 Å². The lowest BCUT2D eigenvalue weighted by Crippen LogP contribution is -3.13. The van der Waals surface area contributed by atoms with Gasteiger partial charge in [-0.1, -0.05) is 0 Å². The molecular weight excluding hydrogens is 254 g/mol. The summed E-state index contributed by atoms with van der Waals surface area (Å²) in [6.07, 6.45) is 5.49. The second-order valence-corrected chi connectivity index (χ2v) is 5.11. The van der Waals surface area contributed by atoms with Gasteiger partial charge in [0.05, 0.1) is 38.0 Å². The zero-order valence-corrected chi connectivity index (χ0v) is 11.3. The van der Waals surface area contributed by atoms with Crippen LogP contribution in [0, 0.1) is 0 Å². The van der Waals surface area contributed by atoms with Crippen LogP contribution in [0.3, 0.4) is 0 Å². The molecule has 2 N–H and O–H groups in total. The van der Waals surface area contributed by atoms with Crippen molar-refractivity contribution in [3.8, 4) is 0 Å². The highest BCUT2D eigenvalue weighted by atomic mass is 16.3. The Kier molecular flexibility index (Phi) is 3.78. The molecule has 104 valence electrons. The van der Waals surface area contributed by atoms with Crippen molar-refractivity contribution in [2.24, 2.45) is 0 Å². The van der Waals surface area contributed by atoms with Crippen molar-refractivity contribution in [1.82, 2.24) is 4.90 Å². The number of hydrogen-bond acceptors (Lipinski definition) is 2. The summed E-state index contributed by atoms with van der Waals surface area (Å²) in [6, 6.07) is 7.62. The van der Waals surface area contributed by atoms with Crippen LogP contribution in [-0.4, -0.2) is 37.0 Å². The quantitative estimate of drug-likeness (QED) is 0.830. The third kappa shape index (κ3) is 2.88. The first-order chi connectivity index (χ1) is 9.83. The number of quaternary nitrogens is 1. The molecule has 0 aromatic carbocycles. The molecular formula is C15H19N3O2+2. The van der Waals surface area contributed by atoms with E-state index < -0.39 is 0 Å². The fourth-order valence-corrected chi connectivity index (χ4v) is 2.59. The number of carbonyl (C=O) groups excluding carboxylic acids is 1. The number of hydrogen-bond donors (Lipinski definition) is 1. The number of nitrogens with zero attached hydrogens (tertiary/aromatic N) is 1. The minimum absolute atomic E-state index is 0.00194. The van der Waals surface area contributed by atoms with Gasteiger partial charge in [0.2, 0.25) is 0 Å². The van der Waals surface area contributed by atoms with E-state index in [4.69, 9.17) is 4.42 Å². The van der Waals surface area contributed by atoms with Crippen LogP contribution in [-0.2, 0) is 6.54 Å². The van der Waals surface area contributed by atoms with Gasteiger partial charge in [0, 0.05) is 6.07 Å². The number of pyridine rings is 1. The Morgan fingerprint density at radius 3 is 2.80 bits per heavy atom. The Labute approximate surface area is 117 Å². The van der Waals surface area contributed by atoms with Gasteiger partial charge in [0.15, 0.2) is 18.2 Å². The maximum absolute atomic E-state index is 12.1. The van der Waals surface area contributed by atoms with Crippen LogP contribution in [0.2, 0.25) is 0 Å². The Morgan fingerprint density at radius 2 is 2.15 bits per heavy atom. The molecule has 20 heavy (non-hydrogen) atoms.